The highest BCUT2D eigenvalue weighted by molar-refractivity contribution is 5.93. The molecule has 1 aromatic heterocycles. The molecule has 2 aliphatic heterocycles. The van der Waals surface area contributed by atoms with Crippen LogP contribution >= 0.6 is 0 Å². The van der Waals surface area contributed by atoms with Gasteiger partial charge in [0.05, 0.1) is 0 Å². The molecule has 2 aliphatic rings. The molecular formula is C15H20N4O2. The zero-order valence-electron chi connectivity index (χ0n) is 12.4. The number of amides is 2. The van der Waals surface area contributed by atoms with Crippen LogP contribution in [-0.2, 0) is 4.79 Å². The van der Waals surface area contributed by atoms with Gasteiger partial charge in [0.2, 0.25) is 5.91 Å². The minimum atomic E-state index is -0.0803. The highest BCUT2D eigenvalue weighted by Crippen LogP contribution is 2.29. The van der Waals surface area contributed by atoms with Crippen molar-refractivity contribution in [2.45, 2.75) is 51.1 Å². The Labute approximate surface area is 124 Å². The van der Waals surface area contributed by atoms with E-state index in [0.29, 0.717) is 24.5 Å². The van der Waals surface area contributed by atoms with Crippen LogP contribution < -0.4 is 5.32 Å². The average molecular weight is 288 g/mol. The van der Waals surface area contributed by atoms with Gasteiger partial charge in [0, 0.05) is 37.2 Å². The van der Waals surface area contributed by atoms with Gasteiger partial charge in [0.1, 0.15) is 11.5 Å². The highest BCUT2D eigenvalue weighted by Gasteiger charge is 2.40. The van der Waals surface area contributed by atoms with E-state index in [1.54, 1.807) is 12.3 Å². The van der Waals surface area contributed by atoms with Crippen molar-refractivity contribution in [2.24, 2.45) is 0 Å². The smallest absolute Gasteiger partial charge is 0.273 e. The molecule has 0 saturated carbocycles. The standard InChI is InChI=1S/C15H20N4O2/c1-9(2)14-16-6-5-12(18-14)15(21)19-10-3-4-11(19)8-17-13(20)7-10/h5-6,9-11H,3-4,7-8H2,1-2H3,(H,17,20)/t10-,11+/m1/s1. The molecule has 0 aromatic carbocycles. The summed E-state index contributed by atoms with van der Waals surface area (Å²) in [4.78, 5) is 34.9. The summed E-state index contributed by atoms with van der Waals surface area (Å²) >= 11 is 0. The van der Waals surface area contributed by atoms with Gasteiger partial charge in [-0.05, 0) is 18.9 Å². The lowest BCUT2D eigenvalue weighted by atomic mass is 10.1. The van der Waals surface area contributed by atoms with Crippen molar-refractivity contribution in [3.05, 3.63) is 23.8 Å². The molecule has 6 nitrogen and oxygen atoms in total. The van der Waals surface area contributed by atoms with Crippen molar-refractivity contribution in [1.82, 2.24) is 20.2 Å². The highest BCUT2D eigenvalue weighted by atomic mass is 16.2. The lowest BCUT2D eigenvalue weighted by molar-refractivity contribution is -0.121. The summed E-state index contributed by atoms with van der Waals surface area (Å²) in [5, 5.41) is 2.88. The van der Waals surface area contributed by atoms with E-state index in [2.05, 4.69) is 15.3 Å². The van der Waals surface area contributed by atoms with Crippen molar-refractivity contribution >= 4 is 11.8 Å². The number of carbonyl (C=O) groups excluding carboxylic acids is 2. The molecule has 1 aromatic rings. The second-order valence-corrected chi connectivity index (χ2v) is 6.06. The second-order valence-electron chi connectivity index (χ2n) is 6.06. The van der Waals surface area contributed by atoms with Crippen LogP contribution in [0.3, 0.4) is 0 Å². The van der Waals surface area contributed by atoms with Crippen molar-refractivity contribution in [3.63, 3.8) is 0 Å². The number of hydrogen-bond donors (Lipinski definition) is 1. The third-order valence-corrected chi connectivity index (χ3v) is 4.22. The van der Waals surface area contributed by atoms with E-state index in [0.717, 1.165) is 12.8 Å². The monoisotopic (exact) mass is 288 g/mol. The molecule has 2 amide bonds. The largest absolute Gasteiger partial charge is 0.354 e. The molecular weight excluding hydrogens is 268 g/mol. The maximum Gasteiger partial charge on any atom is 0.273 e. The SMILES string of the molecule is CC(C)c1nccc(C(=O)N2[C@@H]3CC[C@H]2CNC(=O)C3)n1. The zero-order valence-corrected chi connectivity index (χ0v) is 12.4. The maximum atomic E-state index is 12.8. The number of carbonyl (C=O) groups is 2. The summed E-state index contributed by atoms with van der Waals surface area (Å²) in [6.45, 7) is 4.55. The van der Waals surface area contributed by atoms with E-state index in [4.69, 9.17) is 0 Å². The predicted molar refractivity (Wildman–Crippen MR) is 76.7 cm³/mol. The lowest BCUT2D eigenvalue weighted by Crippen LogP contribution is -2.43. The molecule has 2 bridgehead atoms. The van der Waals surface area contributed by atoms with Crippen molar-refractivity contribution in [3.8, 4) is 0 Å². The Morgan fingerprint density at radius 1 is 1.38 bits per heavy atom. The number of hydrogen-bond acceptors (Lipinski definition) is 4. The third kappa shape index (κ3) is 2.62. The fourth-order valence-corrected chi connectivity index (χ4v) is 3.11. The number of nitrogens with one attached hydrogen (secondary N) is 1. The summed E-state index contributed by atoms with van der Waals surface area (Å²) in [6.07, 6.45) is 3.87. The molecule has 0 radical (unpaired) electrons. The maximum absolute atomic E-state index is 12.8. The van der Waals surface area contributed by atoms with Crippen LogP contribution in [-0.4, -0.2) is 45.3 Å². The summed E-state index contributed by atoms with van der Waals surface area (Å²) in [7, 11) is 0. The van der Waals surface area contributed by atoms with Gasteiger partial charge in [-0.25, -0.2) is 9.97 Å². The Bertz CT molecular complexity index is 573. The topological polar surface area (TPSA) is 75.2 Å². The van der Waals surface area contributed by atoms with E-state index in [-0.39, 0.29) is 29.8 Å². The molecule has 0 aliphatic carbocycles. The van der Waals surface area contributed by atoms with Gasteiger partial charge in [-0.1, -0.05) is 13.8 Å². The summed E-state index contributed by atoms with van der Waals surface area (Å²) < 4.78 is 0. The van der Waals surface area contributed by atoms with Gasteiger partial charge < -0.3 is 10.2 Å². The van der Waals surface area contributed by atoms with Gasteiger partial charge in [-0.2, -0.15) is 0 Å². The fourth-order valence-electron chi connectivity index (χ4n) is 3.11. The molecule has 2 atom stereocenters. The van der Waals surface area contributed by atoms with Crippen LogP contribution in [0, 0.1) is 0 Å². The Hall–Kier alpha value is -1.98. The van der Waals surface area contributed by atoms with Crippen molar-refractivity contribution < 1.29 is 9.59 Å². The fraction of sp³-hybridized carbons (Fsp3) is 0.600. The van der Waals surface area contributed by atoms with Crippen LogP contribution in [0.2, 0.25) is 0 Å². The molecule has 3 heterocycles. The Kier molecular flexibility index (Phi) is 3.61. The molecule has 21 heavy (non-hydrogen) atoms. The predicted octanol–water partition coefficient (Wildman–Crippen LogP) is 1.09. The molecule has 0 unspecified atom stereocenters. The van der Waals surface area contributed by atoms with Crippen LogP contribution in [0.15, 0.2) is 12.3 Å². The van der Waals surface area contributed by atoms with Gasteiger partial charge in [-0.3, -0.25) is 9.59 Å². The molecule has 0 spiro atoms. The molecule has 2 fully saturated rings. The van der Waals surface area contributed by atoms with E-state index in [1.807, 2.05) is 18.7 Å². The first-order chi connectivity index (χ1) is 10.1. The zero-order chi connectivity index (χ0) is 15.0. The van der Waals surface area contributed by atoms with E-state index < -0.39 is 0 Å². The van der Waals surface area contributed by atoms with E-state index in [1.165, 1.54) is 0 Å². The van der Waals surface area contributed by atoms with Crippen LogP contribution in [0.4, 0.5) is 0 Å². The van der Waals surface area contributed by atoms with E-state index >= 15 is 0 Å². The van der Waals surface area contributed by atoms with Crippen molar-refractivity contribution in [2.75, 3.05) is 6.54 Å². The average Bonchev–Trinajstić information content (AvgIpc) is 2.78. The van der Waals surface area contributed by atoms with Gasteiger partial charge in [0.15, 0.2) is 0 Å². The molecule has 1 N–H and O–H groups in total. The third-order valence-electron chi connectivity index (χ3n) is 4.22. The van der Waals surface area contributed by atoms with Crippen LogP contribution in [0.1, 0.15) is 55.3 Å². The summed E-state index contributed by atoms with van der Waals surface area (Å²) in [5.41, 5.74) is 0.431. The molecule has 6 heteroatoms. The Balaban J connectivity index is 1.88. The minimum absolute atomic E-state index is 0.00228. The van der Waals surface area contributed by atoms with Gasteiger partial charge in [0.25, 0.3) is 5.91 Å². The second kappa shape index (κ2) is 5.42. The lowest BCUT2D eigenvalue weighted by Gasteiger charge is -2.27. The molecule has 2 saturated heterocycles. The molecule has 112 valence electrons. The number of nitrogens with zero attached hydrogens (tertiary/aromatic N) is 3. The minimum Gasteiger partial charge on any atom is -0.354 e. The summed E-state index contributed by atoms with van der Waals surface area (Å²) in [5.74, 6) is 0.813. The first-order valence-electron chi connectivity index (χ1n) is 7.48. The first-order valence-corrected chi connectivity index (χ1v) is 7.48. The normalized spacial score (nSPS) is 24.9. The Morgan fingerprint density at radius 2 is 2.14 bits per heavy atom. The van der Waals surface area contributed by atoms with E-state index in [9.17, 15) is 9.59 Å². The van der Waals surface area contributed by atoms with Crippen LogP contribution in [0.5, 0.6) is 0 Å². The van der Waals surface area contributed by atoms with Gasteiger partial charge in [-0.15, -0.1) is 0 Å². The van der Waals surface area contributed by atoms with Crippen LogP contribution in [0.25, 0.3) is 0 Å². The summed E-state index contributed by atoms with van der Waals surface area (Å²) in [6, 6.07) is 1.75. The molecule has 3 rings (SSSR count). The number of aromatic nitrogens is 2. The number of rotatable bonds is 2. The van der Waals surface area contributed by atoms with Gasteiger partial charge >= 0.3 is 0 Å². The first kappa shape index (κ1) is 14.0. The van der Waals surface area contributed by atoms with Crippen molar-refractivity contribution in [1.29, 1.82) is 0 Å². The quantitative estimate of drug-likeness (QED) is 0.884. The number of fused-ring (bicyclic) bond motifs is 2. The Morgan fingerprint density at radius 3 is 2.90 bits per heavy atom.